The topological polar surface area (TPSA) is 124 Å². The number of carbonyl (C=O) groups excluding carboxylic acids is 2. The zero-order chi connectivity index (χ0) is 25.5. The van der Waals surface area contributed by atoms with E-state index in [4.69, 9.17) is 9.72 Å². The van der Waals surface area contributed by atoms with Gasteiger partial charge in [0, 0.05) is 38.4 Å². The smallest absolute Gasteiger partial charge is 0.409 e. The summed E-state index contributed by atoms with van der Waals surface area (Å²) in [5, 5.41) is 15.8. The van der Waals surface area contributed by atoms with Crippen LogP contribution in [-0.2, 0) is 27.2 Å². The average Bonchev–Trinajstić information content (AvgIpc) is 3.36. The molecule has 0 saturated carbocycles. The van der Waals surface area contributed by atoms with Gasteiger partial charge in [-0.2, -0.15) is 0 Å². The molecule has 0 aliphatic carbocycles. The first-order valence-corrected chi connectivity index (χ1v) is 13.2. The third-order valence-corrected chi connectivity index (χ3v) is 7.70. The van der Waals surface area contributed by atoms with E-state index in [-0.39, 0.29) is 12.5 Å². The first-order valence-electron chi connectivity index (χ1n) is 13.2. The first kappa shape index (κ1) is 26.2. The van der Waals surface area contributed by atoms with Crippen molar-refractivity contribution in [2.45, 2.75) is 57.4 Å². The molecule has 4 rings (SSSR count). The van der Waals surface area contributed by atoms with E-state index in [0.29, 0.717) is 38.3 Å². The minimum absolute atomic E-state index is 0.258. The molecule has 2 amide bonds. The predicted molar refractivity (Wildman–Crippen MR) is 135 cm³/mol. The Hall–Kier alpha value is -2.88. The van der Waals surface area contributed by atoms with E-state index in [1.165, 1.54) is 17.6 Å². The summed E-state index contributed by atoms with van der Waals surface area (Å²) >= 11 is 0. The number of aromatic nitrogens is 1. The molecular formula is C26H39N5O5. The highest BCUT2D eigenvalue weighted by Crippen LogP contribution is 2.24. The number of pyridine rings is 1. The number of aliphatic carboxylic acids is 1. The van der Waals surface area contributed by atoms with E-state index in [1.807, 2.05) is 0 Å². The second-order valence-corrected chi connectivity index (χ2v) is 10.3. The molecule has 198 valence electrons. The maximum Gasteiger partial charge on any atom is 0.409 e. The van der Waals surface area contributed by atoms with Crippen molar-refractivity contribution in [1.82, 2.24) is 20.1 Å². The lowest BCUT2D eigenvalue weighted by molar-refractivity contribution is -0.143. The molecule has 10 heteroatoms. The Bertz CT molecular complexity index is 941. The highest BCUT2D eigenvalue weighted by atomic mass is 16.5. The zero-order valence-corrected chi connectivity index (χ0v) is 21.2. The van der Waals surface area contributed by atoms with Gasteiger partial charge in [0.2, 0.25) is 5.91 Å². The Morgan fingerprint density at radius 1 is 1.22 bits per heavy atom. The number of anilines is 1. The number of carboxylic acid groups (broad SMARTS) is 1. The number of hydrogen-bond acceptors (Lipinski definition) is 7. The van der Waals surface area contributed by atoms with Crippen molar-refractivity contribution in [2.24, 2.45) is 11.8 Å². The summed E-state index contributed by atoms with van der Waals surface area (Å²) in [4.78, 5) is 45.0. The molecule has 0 bridgehead atoms. The standard InChI is InChI=1S/C26H39N5O5/c1-36-26(35)31-13-3-5-20(17-31)24(32)29-22(25(33)34)11-15-30-14-10-18(16-30)6-8-21-9-7-19-4-2-12-27-23(19)28-21/h7,9,18,20,22H,2-6,8,10-17H2,1H3,(H,27,28)(H,29,32)(H,33,34). The molecule has 1 aromatic heterocycles. The Morgan fingerprint density at radius 2 is 2.08 bits per heavy atom. The van der Waals surface area contributed by atoms with E-state index < -0.39 is 24.0 Å². The molecule has 36 heavy (non-hydrogen) atoms. The Labute approximate surface area is 212 Å². The van der Waals surface area contributed by atoms with Crippen LogP contribution in [0, 0.1) is 11.8 Å². The van der Waals surface area contributed by atoms with Gasteiger partial charge in [0.25, 0.3) is 0 Å². The summed E-state index contributed by atoms with van der Waals surface area (Å²) in [6.07, 6.45) is 6.60. The van der Waals surface area contributed by atoms with Crippen LogP contribution in [0.2, 0.25) is 0 Å². The maximum atomic E-state index is 12.7. The molecule has 10 nitrogen and oxygen atoms in total. The summed E-state index contributed by atoms with van der Waals surface area (Å²) in [6.45, 7) is 4.32. The second-order valence-electron chi connectivity index (χ2n) is 10.3. The van der Waals surface area contributed by atoms with Gasteiger partial charge in [-0.1, -0.05) is 6.07 Å². The lowest BCUT2D eigenvalue weighted by Gasteiger charge is -2.31. The van der Waals surface area contributed by atoms with Gasteiger partial charge >= 0.3 is 12.1 Å². The molecule has 3 aliphatic rings. The van der Waals surface area contributed by atoms with E-state index in [0.717, 1.165) is 63.3 Å². The molecule has 0 aromatic carbocycles. The van der Waals surface area contributed by atoms with Crippen molar-refractivity contribution in [3.63, 3.8) is 0 Å². The van der Waals surface area contributed by atoms with Crippen molar-refractivity contribution < 1.29 is 24.2 Å². The Balaban J connectivity index is 1.20. The number of nitrogens with one attached hydrogen (secondary N) is 2. The summed E-state index contributed by atoms with van der Waals surface area (Å²) in [5.74, 6) is -0.127. The average molecular weight is 502 g/mol. The fourth-order valence-electron chi connectivity index (χ4n) is 5.56. The largest absolute Gasteiger partial charge is 0.480 e. The van der Waals surface area contributed by atoms with Crippen LogP contribution in [0.4, 0.5) is 10.6 Å². The normalized spacial score (nSPS) is 22.9. The Kier molecular flexibility index (Phi) is 9.01. The van der Waals surface area contributed by atoms with Crippen LogP contribution in [-0.4, -0.2) is 90.3 Å². The number of ether oxygens (including phenoxy) is 1. The van der Waals surface area contributed by atoms with E-state index >= 15 is 0 Å². The number of aryl methyl sites for hydroxylation is 2. The molecule has 3 atom stereocenters. The van der Waals surface area contributed by atoms with Crippen molar-refractivity contribution in [1.29, 1.82) is 0 Å². The van der Waals surface area contributed by atoms with Crippen molar-refractivity contribution in [2.75, 3.05) is 51.7 Å². The van der Waals surface area contributed by atoms with Crippen molar-refractivity contribution >= 4 is 23.8 Å². The van der Waals surface area contributed by atoms with Gasteiger partial charge in [-0.3, -0.25) is 4.79 Å². The van der Waals surface area contributed by atoms with Crippen LogP contribution in [0.3, 0.4) is 0 Å². The molecule has 0 radical (unpaired) electrons. The molecule has 3 aliphatic heterocycles. The lowest BCUT2D eigenvalue weighted by atomic mass is 9.97. The molecule has 2 saturated heterocycles. The Morgan fingerprint density at radius 3 is 2.89 bits per heavy atom. The van der Waals surface area contributed by atoms with Crippen LogP contribution in [0.25, 0.3) is 0 Å². The third kappa shape index (κ3) is 6.87. The number of hydrogen-bond donors (Lipinski definition) is 3. The number of fused-ring (bicyclic) bond motifs is 1. The van der Waals surface area contributed by atoms with Gasteiger partial charge in [0.05, 0.1) is 13.0 Å². The molecule has 0 spiro atoms. The third-order valence-electron chi connectivity index (χ3n) is 7.70. The first-order chi connectivity index (χ1) is 17.4. The number of likely N-dealkylation sites (tertiary alicyclic amines) is 2. The zero-order valence-electron chi connectivity index (χ0n) is 21.2. The summed E-state index contributed by atoms with van der Waals surface area (Å²) in [5.41, 5.74) is 2.44. The highest BCUT2D eigenvalue weighted by molar-refractivity contribution is 5.85. The van der Waals surface area contributed by atoms with Crippen LogP contribution in [0.5, 0.6) is 0 Å². The fourth-order valence-corrected chi connectivity index (χ4v) is 5.56. The second kappa shape index (κ2) is 12.4. The van der Waals surface area contributed by atoms with Gasteiger partial charge in [-0.15, -0.1) is 0 Å². The van der Waals surface area contributed by atoms with Crippen molar-refractivity contribution in [3.8, 4) is 0 Å². The van der Waals surface area contributed by atoms with Crippen LogP contribution >= 0.6 is 0 Å². The molecule has 1 aromatic rings. The molecule has 3 N–H and O–H groups in total. The molecule has 4 heterocycles. The number of nitrogens with zero attached hydrogens (tertiary/aromatic N) is 3. The van der Waals surface area contributed by atoms with E-state index in [2.05, 4.69) is 27.7 Å². The SMILES string of the molecule is COC(=O)N1CCCC(C(=O)NC(CCN2CCC(CCc3ccc4c(n3)NCCC4)C2)C(=O)O)C1. The molecular weight excluding hydrogens is 462 g/mol. The van der Waals surface area contributed by atoms with Gasteiger partial charge in [-0.25, -0.2) is 14.6 Å². The number of rotatable bonds is 9. The van der Waals surface area contributed by atoms with Crippen LogP contribution < -0.4 is 10.6 Å². The van der Waals surface area contributed by atoms with E-state index in [1.54, 1.807) is 0 Å². The summed E-state index contributed by atoms with van der Waals surface area (Å²) in [6, 6.07) is 3.41. The number of amides is 2. The number of carbonyl (C=O) groups is 3. The molecule has 3 unspecified atom stereocenters. The van der Waals surface area contributed by atoms with Gasteiger partial charge < -0.3 is 30.3 Å². The number of carboxylic acids is 1. The quantitative estimate of drug-likeness (QED) is 0.470. The fraction of sp³-hybridized carbons (Fsp3) is 0.692. The lowest BCUT2D eigenvalue weighted by Crippen LogP contribution is -2.50. The van der Waals surface area contributed by atoms with Gasteiger partial charge in [0.1, 0.15) is 11.9 Å². The summed E-state index contributed by atoms with van der Waals surface area (Å²) in [7, 11) is 1.32. The number of methoxy groups -OCH3 is 1. The van der Waals surface area contributed by atoms with Gasteiger partial charge in [-0.05, 0) is 75.5 Å². The minimum Gasteiger partial charge on any atom is -0.480 e. The number of piperidine rings is 1. The predicted octanol–water partition coefficient (Wildman–Crippen LogP) is 2.13. The highest BCUT2D eigenvalue weighted by Gasteiger charge is 2.32. The van der Waals surface area contributed by atoms with Crippen molar-refractivity contribution in [3.05, 3.63) is 23.4 Å². The summed E-state index contributed by atoms with van der Waals surface area (Å²) < 4.78 is 4.76. The molecule has 2 fully saturated rings. The minimum atomic E-state index is -1.02. The van der Waals surface area contributed by atoms with Crippen LogP contribution in [0.15, 0.2) is 12.1 Å². The van der Waals surface area contributed by atoms with Crippen LogP contribution in [0.1, 0.15) is 49.8 Å². The van der Waals surface area contributed by atoms with Gasteiger partial charge in [0.15, 0.2) is 0 Å². The maximum absolute atomic E-state index is 12.7. The van der Waals surface area contributed by atoms with E-state index in [9.17, 15) is 19.5 Å². The monoisotopic (exact) mass is 501 g/mol.